The van der Waals surface area contributed by atoms with Crippen LogP contribution >= 0.6 is 11.3 Å². The van der Waals surface area contributed by atoms with Crippen molar-refractivity contribution in [2.45, 2.75) is 43.4 Å². The van der Waals surface area contributed by atoms with E-state index < -0.39 is 10.0 Å². The Morgan fingerprint density at radius 3 is 2.73 bits per heavy atom. The number of nitrogens with zero attached hydrogens (tertiary/aromatic N) is 2. The van der Waals surface area contributed by atoms with Crippen LogP contribution in [0.1, 0.15) is 31.6 Å². The lowest BCUT2D eigenvalue weighted by Crippen LogP contribution is -2.41. The molecule has 1 aliphatic rings. The van der Waals surface area contributed by atoms with E-state index in [4.69, 9.17) is 4.74 Å². The van der Waals surface area contributed by atoms with Crippen molar-refractivity contribution in [1.29, 1.82) is 0 Å². The van der Waals surface area contributed by atoms with E-state index in [1.807, 2.05) is 19.9 Å². The van der Waals surface area contributed by atoms with E-state index in [0.29, 0.717) is 23.8 Å². The third kappa shape index (κ3) is 5.67. The number of hydrogen-bond acceptors (Lipinski definition) is 5. The first-order valence-corrected chi connectivity index (χ1v) is 11.4. The van der Waals surface area contributed by atoms with Crippen LogP contribution in [0.4, 0.5) is 0 Å². The summed E-state index contributed by atoms with van der Waals surface area (Å²) in [4.78, 5) is 5.25. The molecule has 1 aromatic heterocycles. The number of hydrogen-bond donors (Lipinski definition) is 2. The highest BCUT2D eigenvalue weighted by atomic mass is 32.2. The second-order valence-corrected chi connectivity index (χ2v) is 9.41. The SMILES string of the molecule is CCN(CC)S(=O)(=O)c1ccc(CCNC(=NC)NCC2CCCO2)s1. The molecule has 0 saturated carbocycles. The Balaban J connectivity index is 1.81. The Bertz CT molecular complexity index is 678. The van der Waals surface area contributed by atoms with Gasteiger partial charge in [-0.25, -0.2) is 8.42 Å². The summed E-state index contributed by atoms with van der Waals surface area (Å²) in [5.41, 5.74) is 0. The number of rotatable bonds is 9. The standard InChI is InChI=1S/C17H30N4O3S2/c1-4-21(5-2)26(22,23)16-9-8-15(25-16)10-11-19-17(18-3)20-13-14-7-6-12-24-14/h8-9,14H,4-7,10-13H2,1-3H3,(H2,18,19,20). The molecule has 1 unspecified atom stereocenters. The Morgan fingerprint density at radius 1 is 1.35 bits per heavy atom. The smallest absolute Gasteiger partial charge is 0.252 e. The van der Waals surface area contributed by atoms with Crippen LogP contribution in [-0.4, -0.2) is 64.6 Å². The van der Waals surface area contributed by atoms with Gasteiger partial charge in [-0.1, -0.05) is 13.8 Å². The third-order valence-electron chi connectivity index (χ3n) is 4.35. The van der Waals surface area contributed by atoms with E-state index in [-0.39, 0.29) is 6.10 Å². The molecule has 0 aliphatic carbocycles. The van der Waals surface area contributed by atoms with Gasteiger partial charge >= 0.3 is 0 Å². The fourth-order valence-electron chi connectivity index (χ4n) is 2.86. The highest BCUT2D eigenvalue weighted by molar-refractivity contribution is 7.91. The van der Waals surface area contributed by atoms with Crippen molar-refractivity contribution < 1.29 is 13.2 Å². The normalized spacial score (nSPS) is 18.5. The summed E-state index contributed by atoms with van der Waals surface area (Å²) in [6, 6.07) is 3.60. The third-order valence-corrected chi connectivity index (χ3v) is 8.01. The fourth-order valence-corrected chi connectivity index (χ4v) is 5.83. The maximum absolute atomic E-state index is 12.5. The molecule has 2 rings (SSSR count). The first kappa shape index (κ1) is 21.1. The van der Waals surface area contributed by atoms with Crippen molar-refractivity contribution in [3.8, 4) is 0 Å². The Hall–Kier alpha value is -1.16. The van der Waals surface area contributed by atoms with Crippen molar-refractivity contribution >= 4 is 27.3 Å². The topological polar surface area (TPSA) is 83.0 Å². The lowest BCUT2D eigenvalue weighted by Gasteiger charge is -2.16. The van der Waals surface area contributed by atoms with Gasteiger partial charge < -0.3 is 15.4 Å². The Labute approximate surface area is 160 Å². The van der Waals surface area contributed by atoms with Gasteiger partial charge in [0.25, 0.3) is 10.0 Å². The minimum atomic E-state index is -3.36. The maximum Gasteiger partial charge on any atom is 0.252 e. The Kier molecular flexibility index (Phi) is 8.33. The van der Waals surface area contributed by atoms with E-state index >= 15 is 0 Å². The van der Waals surface area contributed by atoms with E-state index in [0.717, 1.165) is 43.3 Å². The van der Waals surface area contributed by atoms with Crippen LogP contribution < -0.4 is 10.6 Å². The molecule has 9 heteroatoms. The first-order valence-electron chi connectivity index (χ1n) is 9.16. The molecule has 26 heavy (non-hydrogen) atoms. The quantitative estimate of drug-likeness (QED) is 0.485. The van der Waals surface area contributed by atoms with Gasteiger partial charge in [0.05, 0.1) is 6.10 Å². The molecule has 1 aliphatic heterocycles. The van der Waals surface area contributed by atoms with Gasteiger partial charge in [-0.3, -0.25) is 4.99 Å². The molecule has 1 atom stereocenters. The minimum Gasteiger partial charge on any atom is -0.376 e. The molecule has 0 amide bonds. The van der Waals surface area contributed by atoms with Crippen molar-refractivity contribution in [3.63, 3.8) is 0 Å². The number of ether oxygens (including phenoxy) is 1. The van der Waals surface area contributed by atoms with Crippen molar-refractivity contribution in [1.82, 2.24) is 14.9 Å². The van der Waals surface area contributed by atoms with E-state index in [2.05, 4.69) is 15.6 Å². The lowest BCUT2D eigenvalue weighted by atomic mass is 10.2. The molecule has 1 saturated heterocycles. The molecule has 1 aromatic rings. The molecule has 0 spiro atoms. The predicted octanol–water partition coefficient (Wildman–Crippen LogP) is 1.67. The molecule has 1 fully saturated rings. The largest absolute Gasteiger partial charge is 0.376 e. The number of nitrogens with one attached hydrogen (secondary N) is 2. The van der Waals surface area contributed by atoms with E-state index in [9.17, 15) is 8.42 Å². The van der Waals surface area contributed by atoms with Gasteiger partial charge in [0, 0.05) is 44.7 Å². The summed E-state index contributed by atoms with van der Waals surface area (Å²) in [5, 5.41) is 6.54. The summed E-state index contributed by atoms with van der Waals surface area (Å²) in [6.07, 6.45) is 3.22. The first-order chi connectivity index (χ1) is 12.5. The van der Waals surface area contributed by atoms with Crippen LogP contribution in [0.3, 0.4) is 0 Å². The molecule has 2 heterocycles. The molecular weight excluding hydrogens is 372 g/mol. The second-order valence-electron chi connectivity index (χ2n) is 6.07. The zero-order valence-electron chi connectivity index (χ0n) is 15.8. The van der Waals surface area contributed by atoms with Crippen LogP contribution in [0.5, 0.6) is 0 Å². The zero-order chi connectivity index (χ0) is 19.0. The molecule has 148 valence electrons. The highest BCUT2D eigenvalue weighted by Gasteiger charge is 2.23. The van der Waals surface area contributed by atoms with Gasteiger partial charge in [0.2, 0.25) is 0 Å². The van der Waals surface area contributed by atoms with Crippen LogP contribution in [0, 0.1) is 0 Å². The average molecular weight is 403 g/mol. The predicted molar refractivity (Wildman–Crippen MR) is 106 cm³/mol. The number of thiophene rings is 1. The molecular formula is C17H30N4O3S2. The van der Waals surface area contributed by atoms with Crippen LogP contribution in [-0.2, 0) is 21.2 Å². The molecule has 2 N–H and O–H groups in total. The van der Waals surface area contributed by atoms with Gasteiger partial charge in [-0.05, 0) is 31.4 Å². The van der Waals surface area contributed by atoms with Gasteiger partial charge in [-0.2, -0.15) is 4.31 Å². The van der Waals surface area contributed by atoms with Gasteiger partial charge in [0.1, 0.15) is 4.21 Å². The van der Waals surface area contributed by atoms with Crippen molar-refractivity contribution in [2.24, 2.45) is 4.99 Å². The van der Waals surface area contributed by atoms with Crippen LogP contribution in [0.2, 0.25) is 0 Å². The Morgan fingerprint density at radius 2 is 2.12 bits per heavy atom. The summed E-state index contributed by atoms with van der Waals surface area (Å²) < 4.78 is 32.5. The molecule has 0 aromatic carbocycles. The average Bonchev–Trinajstić information content (AvgIpc) is 3.30. The summed E-state index contributed by atoms with van der Waals surface area (Å²) >= 11 is 1.34. The monoisotopic (exact) mass is 402 g/mol. The summed E-state index contributed by atoms with van der Waals surface area (Å²) in [5.74, 6) is 0.744. The number of guanidine groups is 1. The lowest BCUT2D eigenvalue weighted by molar-refractivity contribution is 0.114. The van der Waals surface area contributed by atoms with Crippen molar-refractivity contribution in [2.75, 3.05) is 39.8 Å². The number of aliphatic imine (C=N–C) groups is 1. The molecule has 7 nitrogen and oxygen atoms in total. The van der Waals surface area contributed by atoms with Gasteiger partial charge in [0.15, 0.2) is 5.96 Å². The van der Waals surface area contributed by atoms with E-state index in [1.165, 1.54) is 15.6 Å². The fraction of sp³-hybridized carbons (Fsp3) is 0.706. The maximum atomic E-state index is 12.5. The molecule has 0 radical (unpaired) electrons. The van der Waals surface area contributed by atoms with Crippen LogP contribution in [0.25, 0.3) is 0 Å². The number of sulfonamides is 1. The van der Waals surface area contributed by atoms with E-state index in [1.54, 1.807) is 13.1 Å². The summed E-state index contributed by atoms with van der Waals surface area (Å²) in [7, 11) is -1.62. The zero-order valence-corrected chi connectivity index (χ0v) is 17.5. The van der Waals surface area contributed by atoms with Crippen molar-refractivity contribution in [3.05, 3.63) is 17.0 Å². The molecule has 0 bridgehead atoms. The minimum absolute atomic E-state index is 0.263. The second kappa shape index (κ2) is 10.2. The highest BCUT2D eigenvalue weighted by Crippen LogP contribution is 2.25. The summed E-state index contributed by atoms with van der Waals surface area (Å²) in [6.45, 7) is 6.97. The van der Waals surface area contributed by atoms with Crippen LogP contribution in [0.15, 0.2) is 21.3 Å². The van der Waals surface area contributed by atoms with Gasteiger partial charge in [-0.15, -0.1) is 11.3 Å².